The van der Waals surface area contributed by atoms with E-state index in [1.54, 1.807) is 24.3 Å². The number of nitrogens with one attached hydrogen (secondary N) is 1. The molecule has 2 aromatic carbocycles. The molecule has 8 heteroatoms. The number of halogens is 1. The summed E-state index contributed by atoms with van der Waals surface area (Å²) in [7, 11) is 0. The lowest BCUT2D eigenvalue weighted by molar-refractivity contribution is -0.149. The Morgan fingerprint density at radius 2 is 1.73 bits per heavy atom. The third kappa shape index (κ3) is 4.91. The fraction of sp³-hybridized carbons (Fsp3) is 0.318. The smallest absolute Gasteiger partial charge is 0.314 e. The Balaban J connectivity index is 1.67. The summed E-state index contributed by atoms with van der Waals surface area (Å²) in [6, 6.07) is 9.97. The highest BCUT2D eigenvalue weighted by Crippen LogP contribution is 2.37. The first-order valence-corrected chi connectivity index (χ1v) is 9.80. The van der Waals surface area contributed by atoms with Crippen molar-refractivity contribution in [2.24, 2.45) is 5.92 Å². The monoisotopic (exact) mass is 431 g/mol. The lowest BCUT2D eigenvalue weighted by atomic mass is 9.88. The summed E-state index contributed by atoms with van der Waals surface area (Å²) in [5, 5.41) is 3.17. The highest BCUT2D eigenvalue weighted by Gasteiger charge is 2.27. The van der Waals surface area contributed by atoms with Gasteiger partial charge in [0.1, 0.15) is 0 Å². The minimum atomic E-state index is -0.566. The summed E-state index contributed by atoms with van der Waals surface area (Å²) in [4.78, 5) is 36.9. The van der Waals surface area contributed by atoms with Gasteiger partial charge in [-0.15, -0.1) is 0 Å². The van der Waals surface area contributed by atoms with Gasteiger partial charge in [-0.3, -0.25) is 14.4 Å². The Hall–Kier alpha value is -3.06. The van der Waals surface area contributed by atoms with Gasteiger partial charge < -0.3 is 19.5 Å². The molecule has 0 saturated heterocycles. The number of Topliss-reactive ketones (excluding diaryl/α,β-unsaturated/α-hetero) is 1. The van der Waals surface area contributed by atoms with Gasteiger partial charge in [0.25, 0.3) is 5.91 Å². The molecule has 2 aromatic rings. The fourth-order valence-electron chi connectivity index (χ4n) is 3.21. The predicted octanol–water partition coefficient (Wildman–Crippen LogP) is 4.19. The Morgan fingerprint density at radius 3 is 2.33 bits per heavy atom. The van der Waals surface area contributed by atoms with Gasteiger partial charge in [0.15, 0.2) is 23.9 Å². The van der Waals surface area contributed by atoms with Crippen LogP contribution in [0.2, 0.25) is 5.02 Å². The molecule has 1 heterocycles. The highest BCUT2D eigenvalue weighted by molar-refractivity contribution is 6.30. The van der Waals surface area contributed by atoms with Gasteiger partial charge in [-0.1, -0.05) is 37.6 Å². The van der Waals surface area contributed by atoms with Gasteiger partial charge in [-0.2, -0.15) is 0 Å². The van der Waals surface area contributed by atoms with E-state index in [1.165, 1.54) is 19.1 Å². The largest absolute Gasteiger partial charge is 0.455 e. The van der Waals surface area contributed by atoms with Crippen molar-refractivity contribution in [3.05, 3.63) is 52.5 Å². The maximum absolute atomic E-state index is 12.6. The summed E-state index contributed by atoms with van der Waals surface area (Å²) >= 11 is 5.92. The second-order valence-electron chi connectivity index (χ2n) is 7.24. The number of esters is 1. The van der Waals surface area contributed by atoms with E-state index in [2.05, 4.69) is 5.32 Å². The second kappa shape index (κ2) is 9.17. The van der Waals surface area contributed by atoms with Crippen LogP contribution in [0.15, 0.2) is 36.4 Å². The van der Waals surface area contributed by atoms with E-state index >= 15 is 0 Å². The maximum Gasteiger partial charge on any atom is 0.314 e. The number of fused-ring (bicyclic) bond motifs is 1. The van der Waals surface area contributed by atoms with Crippen molar-refractivity contribution in [2.45, 2.75) is 26.7 Å². The van der Waals surface area contributed by atoms with E-state index in [0.717, 1.165) is 5.56 Å². The average molecular weight is 432 g/mol. The third-order valence-electron chi connectivity index (χ3n) is 4.66. The van der Waals surface area contributed by atoms with Crippen LogP contribution in [0.1, 0.15) is 42.6 Å². The van der Waals surface area contributed by atoms with Crippen LogP contribution in [0, 0.1) is 5.92 Å². The molecule has 0 bridgehead atoms. The predicted molar refractivity (Wildman–Crippen MR) is 111 cm³/mol. The van der Waals surface area contributed by atoms with Crippen LogP contribution >= 0.6 is 11.6 Å². The Bertz CT molecular complexity index is 970. The quantitative estimate of drug-likeness (QED) is 0.522. The van der Waals surface area contributed by atoms with Crippen LogP contribution in [0.25, 0.3) is 0 Å². The van der Waals surface area contributed by atoms with Crippen LogP contribution in [-0.2, 0) is 14.3 Å². The number of hydrogen-bond acceptors (Lipinski definition) is 6. The number of amides is 1. The Morgan fingerprint density at radius 1 is 1.10 bits per heavy atom. The number of benzene rings is 2. The van der Waals surface area contributed by atoms with Gasteiger partial charge in [-0.25, -0.2) is 0 Å². The van der Waals surface area contributed by atoms with E-state index in [9.17, 15) is 14.4 Å². The zero-order valence-electron chi connectivity index (χ0n) is 16.9. The van der Waals surface area contributed by atoms with Crippen LogP contribution < -0.4 is 14.8 Å². The first-order chi connectivity index (χ1) is 14.3. The summed E-state index contributed by atoms with van der Waals surface area (Å²) in [5.74, 6) is -1.04. The van der Waals surface area contributed by atoms with Gasteiger partial charge in [0.05, 0.1) is 11.6 Å². The van der Waals surface area contributed by atoms with Crippen molar-refractivity contribution in [2.75, 3.05) is 18.7 Å². The molecule has 0 aromatic heterocycles. The Labute approximate surface area is 179 Å². The molecule has 3 rings (SSSR count). The SMILES string of the molecule is CC(=O)c1cc2c(cc1NC(=O)COC(=O)C(c1ccc(Cl)cc1)C(C)C)OCO2. The topological polar surface area (TPSA) is 90.9 Å². The molecule has 7 nitrogen and oxygen atoms in total. The first-order valence-electron chi connectivity index (χ1n) is 9.42. The fourth-order valence-corrected chi connectivity index (χ4v) is 3.34. The van der Waals surface area contributed by atoms with Gasteiger partial charge in [0.2, 0.25) is 6.79 Å². The molecule has 0 fully saturated rings. The van der Waals surface area contributed by atoms with Crippen molar-refractivity contribution in [3.8, 4) is 11.5 Å². The van der Waals surface area contributed by atoms with E-state index in [0.29, 0.717) is 16.5 Å². The van der Waals surface area contributed by atoms with Gasteiger partial charge in [0, 0.05) is 16.7 Å². The molecule has 0 radical (unpaired) electrons. The Kier molecular flexibility index (Phi) is 6.62. The molecule has 1 unspecified atom stereocenters. The molecule has 1 N–H and O–H groups in total. The number of carbonyl (C=O) groups is 3. The number of ether oxygens (including phenoxy) is 3. The second-order valence-corrected chi connectivity index (χ2v) is 7.67. The van der Waals surface area contributed by atoms with Gasteiger partial charge in [-0.05, 0) is 36.6 Å². The molecule has 0 saturated carbocycles. The van der Waals surface area contributed by atoms with E-state index in [1.807, 2.05) is 13.8 Å². The lowest BCUT2D eigenvalue weighted by Crippen LogP contribution is -2.26. The molecule has 1 atom stereocenters. The van der Waals surface area contributed by atoms with E-state index in [4.69, 9.17) is 25.8 Å². The van der Waals surface area contributed by atoms with Crippen molar-refractivity contribution in [1.82, 2.24) is 0 Å². The van der Waals surface area contributed by atoms with Crippen molar-refractivity contribution in [3.63, 3.8) is 0 Å². The number of carbonyl (C=O) groups excluding carboxylic acids is 3. The molecule has 1 amide bonds. The zero-order chi connectivity index (χ0) is 21.8. The molecule has 30 heavy (non-hydrogen) atoms. The van der Waals surface area contributed by atoms with E-state index in [-0.39, 0.29) is 29.7 Å². The van der Waals surface area contributed by atoms with E-state index < -0.39 is 24.4 Å². The number of rotatable bonds is 7. The molecule has 1 aliphatic heterocycles. The molecule has 0 aliphatic carbocycles. The zero-order valence-corrected chi connectivity index (χ0v) is 17.6. The summed E-state index contributed by atoms with van der Waals surface area (Å²) in [6.07, 6.45) is 0. The third-order valence-corrected chi connectivity index (χ3v) is 4.91. The number of ketones is 1. The number of anilines is 1. The summed E-state index contributed by atoms with van der Waals surface area (Å²) < 4.78 is 15.8. The average Bonchev–Trinajstić information content (AvgIpc) is 3.14. The normalized spacial score (nSPS) is 13.1. The minimum Gasteiger partial charge on any atom is -0.455 e. The van der Waals surface area contributed by atoms with Crippen LogP contribution in [0.4, 0.5) is 5.69 Å². The molecular weight excluding hydrogens is 410 g/mol. The van der Waals surface area contributed by atoms with Crippen molar-refractivity contribution in [1.29, 1.82) is 0 Å². The molecule has 158 valence electrons. The summed E-state index contributed by atoms with van der Waals surface area (Å²) in [5.41, 5.74) is 1.31. The molecule has 0 spiro atoms. The standard InChI is InChI=1S/C22H22ClNO6/c1-12(2)21(14-4-6-15(23)7-5-14)22(27)28-10-20(26)24-17-9-19-18(29-11-30-19)8-16(17)13(3)25/h4-9,12,21H,10-11H2,1-3H3,(H,24,26). The van der Waals surface area contributed by atoms with Crippen molar-refractivity contribution < 1.29 is 28.6 Å². The highest BCUT2D eigenvalue weighted by atomic mass is 35.5. The maximum atomic E-state index is 12.6. The van der Waals surface area contributed by atoms with Crippen LogP contribution in [-0.4, -0.2) is 31.1 Å². The van der Waals surface area contributed by atoms with Gasteiger partial charge >= 0.3 is 5.97 Å². The lowest BCUT2D eigenvalue weighted by Gasteiger charge is -2.20. The van der Waals surface area contributed by atoms with Crippen LogP contribution in [0.5, 0.6) is 11.5 Å². The van der Waals surface area contributed by atoms with Crippen LogP contribution in [0.3, 0.4) is 0 Å². The first kappa shape index (κ1) is 21.6. The number of hydrogen-bond donors (Lipinski definition) is 1. The molecule has 1 aliphatic rings. The molecular formula is C22H22ClNO6. The van der Waals surface area contributed by atoms with Crippen molar-refractivity contribution >= 4 is 34.9 Å². The summed E-state index contributed by atoms with van der Waals surface area (Å²) in [6.45, 7) is 4.73. The minimum absolute atomic E-state index is 0.0417.